The highest BCUT2D eigenvalue weighted by atomic mass is 35.5. The van der Waals surface area contributed by atoms with E-state index < -0.39 is 11.9 Å². The number of hydrogen-bond acceptors (Lipinski definition) is 8. The van der Waals surface area contributed by atoms with E-state index in [0.29, 0.717) is 23.0 Å². The van der Waals surface area contributed by atoms with E-state index in [0.717, 1.165) is 82.5 Å². The Kier molecular flexibility index (Phi) is 26.3. The summed E-state index contributed by atoms with van der Waals surface area (Å²) < 4.78 is 22.2. The average molecular weight is 1030 g/mol. The molecule has 4 aromatic rings. The van der Waals surface area contributed by atoms with Gasteiger partial charge < -0.3 is 18.9 Å². The highest BCUT2D eigenvalue weighted by Gasteiger charge is 2.29. The fraction of sp³-hybridized carbons (Fsp3) is 0.548. The molecule has 0 radical (unpaired) electrons. The molecule has 0 atom stereocenters. The van der Waals surface area contributed by atoms with Gasteiger partial charge in [0.1, 0.15) is 23.0 Å². The van der Waals surface area contributed by atoms with E-state index in [-0.39, 0.29) is 44.9 Å². The standard InChI is InChI=1S/C32H43ClO4.C30H39ClO4/c1-3-5-7-8-10-12-25-15-19-27(20-16-25)36-32(35)29-22-21-28(23-30(29)33)37-31(34)26-17-13-24(14-18-26)11-9-6-4-2;1-3-5-7-9-22-11-15-24(16-12-22)29(32)35-26-19-20-27(28(31)21-26)30(33)34-25-17-13-23(14-18-25)10-8-6-4-2/h15-16,19-24,26H,3-14,17-18H2,1-2H3;13-14,17-22,24H,3-12,15-16H2,1-2H3. The lowest BCUT2D eigenvalue weighted by Crippen LogP contribution is -2.25. The van der Waals surface area contributed by atoms with Gasteiger partial charge in [-0.25, -0.2) is 9.59 Å². The lowest BCUT2D eigenvalue weighted by Gasteiger charge is -2.27. The Balaban J connectivity index is 0.000000268. The van der Waals surface area contributed by atoms with Crippen LogP contribution in [-0.2, 0) is 22.4 Å². The van der Waals surface area contributed by atoms with Crippen LogP contribution in [0.4, 0.5) is 0 Å². The van der Waals surface area contributed by atoms with Crippen molar-refractivity contribution in [1.29, 1.82) is 0 Å². The monoisotopic (exact) mass is 1020 g/mol. The fourth-order valence-electron chi connectivity index (χ4n) is 9.87. The molecule has 10 heteroatoms. The SMILES string of the molecule is CCCCCCCc1ccc(OC(=O)c2ccc(OC(=O)C3CCC(CCCCC)CC3)cc2Cl)cc1.CCCCCc1ccc(OC(=O)c2ccc(OC(=O)C3CCC(CCCCC)CC3)cc2Cl)cc1. The normalized spacial score (nSPS) is 17.5. The molecule has 0 spiro atoms. The number of carbonyl (C=O) groups is 4. The summed E-state index contributed by atoms with van der Waals surface area (Å²) in [5.41, 5.74) is 2.96. The molecule has 0 N–H and O–H groups in total. The topological polar surface area (TPSA) is 105 Å². The summed E-state index contributed by atoms with van der Waals surface area (Å²) in [6, 6.07) is 24.6. The minimum Gasteiger partial charge on any atom is -0.426 e. The summed E-state index contributed by atoms with van der Waals surface area (Å²) >= 11 is 12.7. The molecule has 0 saturated heterocycles. The Morgan fingerprint density at radius 2 is 0.736 bits per heavy atom. The number of rotatable bonds is 26. The fourth-order valence-corrected chi connectivity index (χ4v) is 10.4. The van der Waals surface area contributed by atoms with E-state index in [4.69, 9.17) is 42.1 Å². The molecule has 0 unspecified atom stereocenters. The maximum Gasteiger partial charge on any atom is 0.345 e. The van der Waals surface area contributed by atoms with Crippen molar-refractivity contribution < 1.29 is 38.1 Å². The zero-order valence-corrected chi connectivity index (χ0v) is 45.3. The summed E-state index contributed by atoms with van der Waals surface area (Å²) in [5, 5.41) is 0.412. The number of carbonyl (C=O) groups excluding carboxylic acids is 4. The first-order valence-corrected chi connectivity index (χ1v) is 28.4. The molecule has 0 bridgehead atoms. The van der Waals surface area contributed by atoms with Gasteiger partial charge in [0.2, 0.25) is 0 Å². The third kappa shape index (κ3) is 20.3. The molecule has 4 aromatic carbocycles. The number of ether oxygens (including phenoxy) is 4. The van der Waals surface area contributed by atoms with Crippen molar-refractivity contribution in [2.24, 2.45) is 23.7 Å². The van der Waals surface area contributed by atoms with Crippen LogP contribution < -0.4 is 18.9 Å². The van der Waals surface area contributed by atoms with Gasteiger partial charge in [0.15, 0.2) is 0 Å². The van der Waals surface area contributed by atoms with Gasteiger partial charge >= 0.3 is 23.9 Å². The van der Waals surface area contributed by atoms with Crippen molar-refractivity contribution in [3.63, 3.8) is 0 Å². The van der Waals surface area contributed by atoms with Crippen LogP contribution in [0.1, 0.15) is 214 Å². The Labute approximate surface area is 441 Å². The van der Waals surface area contributed by atoms with Crippen LogP contribution in [0, 0.1) is 23.7 Å². The summed E-state index contributed by atoms with van der Waals surface area (Å²) in [5.74, 6) is 1.55. The molecular formula is C62H82Cl2O8. The quantitative estimate of drug-likeness (QED) is 0.0348. The predicted octanol–water partition coefficient (Wildman–Crippen LogP) is 17.9. The molecule has 8 nitrogen and oxygen atoms in total. The van der Waals surface area contributed by atoms with E-state index in [9.17, 15) is 19.2 Å². The Morgan fingerprint density at radius 3 is 1.11 bits per heavy atom. The minimum atomic E-state index is -0.534. The second kappa shape index (κ2) is 32.5. The van der Waals surface area contributed by atoms with E-state index in [1.54, 1.807) is 24.3 Å². The smallest absolute Gasteiger partial charge is 0.345 e. The summed E-state index contributed by atoms with van der Waals surface area (Å²) in [4.78, 5) is 50.7. The first-order chi connectivity index (χ1) is 35.0. The lowest BCUT2D eigenvalue weighted by molar-refractivity contribution is -0.141. The van der Waals surface area contributed by atoms with E-state index in [2.05, 4.69) is 27.7 Å². The third-order valence-electron chi connectivity index (χ3n) is 14.5. The van der Waals surface area contributed by atoms with Crippen molar-refractivity contribution in [3.8, 4) is 23.0 Å². The van der Waals surface area contributed by atoms with Crippen molar-refractivity contribution in [1.82, 2.24) is 0 Å². The molecule has 2 aliphatic carbocycles. The minimum absolute atomic E-state index is 0.0641. The molecule has 2 saturated carbocycles. The second-order valence-corrected chi connectivity index (χ2v) is 21.1. The molecule has 0 heterocycles. The van der Waals surface area contributed by atoms with E-state index >= 15 is 0 Å². The summed E-state index contributed by atoms with van der Waals surface area (Å²) in [7, 11) is 0. The number of unbranched alkanes of at least 4 members (excludes halogenated alkanes) is 10. The van der Waals surface area contributed by atoms with Crippen LogP contribution in [0.25, 0.3) is 0 Å². The maximum atomic E-state index is 12.7. The molecule has 0 amide bonds. The van der Waals surface area contributed by atoms with Crippen molar-refractivity contribution in [2.75, 3.05) is 0 Å². The lowest BCUT2D eigenvalue weighted by atomic mass is 9.80. The molecule has 6 rings (SSSR count). The largest absolute Gasteiger partial charge is 0.426 e. The number of aryl methyl sites for hydroxylation is 2. The third-order valence-corrected chi connectivity index (χ3v) is 15.1. The van der Waals surface area contributed by atoms with Crippen LogP contribution in [0.15, 0.2) is 84.9 Å². The summed E-state index contributed by atoms with van der Waals surface area (Å²) in [6.07, 6.45) is 29.9. The zero-order chi connectivity index (χ0) is 51.5. The number of benzene rings is 4. The zero-order valence-electron chi connectivity index (χ0n) is 43.8. The highest BCUT2D eigenvalue weighted by molar-refractivity contribution is 6.34. The molecular weight excluding hydrogens is 944 g/mol. The number of halogens is 2. The summed E-state index contributed by atoms with van der Waals surface area (Å²) in [6.45, 7) is 8.86. The average Bonchev–Trinajstić information content (AvgIpc) is 3.38. The van der Waals surface area contributed by atoms with Gasteiger partial charge in [-0.1, -0.05) is 165 Å². The highest BCUT2D eigenvalue weighted by Crippen LogP contribution is 2.35. The molecule has 392 valence electrons. The van der Waals surface area contributed by atoms with Crippen molar-refractivity contribution in [2.45, 2.75) is 195 Å². The van der Waals surface area contributed by atoms with E-state index in [1.807, 2.05) is 48.5 Å². The maximum absolute atomic E-state index is 12.7. The molecule has 72 heavy (non-hydrogen) atoms. The van der Waals surface area contributed by atoms with Crippen LogP contribution in [0.2, 0.25) is 10.0 Å². The second-order valence-electron chi connectivity index (χ2n) is 20.2. The van der Waals surface area contributed by atoms with Gasteiger partial charge in [-0.3, -0.25) is 9.59 Å². The van der Waals surface area contributed by atoms with Crippen LogP contribution >= 0.6 is 23.2 Å². The van der Waals surface area contributed by atoms with Crippen LogP contribution in [0.5, 0.6) is 23.0 Å². The van der Waals surface area contributed by atoms with Gasteiger partial charge in [-0.2, -0.15) is 0 Å². The van der Waals surface area contributed by atoms with Crippen molar-refractivity contribution >= 4 is 47.1 Å². The van der Waals surface area contributed by atoms with Gasteiger partial charge in [-0.15, -0.1) is 0 Å². The molecule has 0 aliphatic heterocycles. The van der Waals surface area contributed by atoms with Gasteiger partial charge in [0, 0.05) is 12.1 Å². The Morgan fingerprint density at radius 1 is 0.403 bits per heavy atom. The van der Waals surface area contributed by atoms with Crippen LogP contribution in [0.3, 0.4) is 0 Å². The Hall–Kier alpha value is -4.66. The molecule has 0 aromatic heterocycles. The molecule has 2 fully saturated rings. The first-order valence-electron chi connectivity index (χ1n) is 27.6. The first kappa shape index (κ1) is 58.2. The number of hydrogen-bond donors (Lipinski definition) is 0. The van der Waals surface area contributed by atoms with Gasteiger partial charge in [-0.05, 0) is 149 Å². The van der Waals surface area contributed by atoms with E-state index in [1.165, 1.54) is 120 Å². The molecule has 2 aliphatic rings. The Bertz CT molecular complexity index is 2240. The van der Waals surface area contributed by atoms with Crippen molar-refractivity contribution in [3.05, 3.63) is 117 Å². The van der Waals surface area contributed by atoms with Gasteiger partial charge in [0.25, 0.3) is 0 Å². The van der Waals surface area contributed by atoms with Crippen LogP contribution in [-0.4, -0.2) is 23.9 Å². The number of esters is 4. The van der Waals surface area contributed by atoms with Gasteiger partial charge in [0.05, 0.1) is 33.0 Å². The predicted molar refractivity (Wildman–Crippen MR) is 292 cm³/mol.